The Balaban J connectivity index is 1.82. The van der Waals surface area contributed by atoms with Crippen molar-refractivity contribution in [2.75, 3.05) is 19.6 Å². The van der Waals surface area contributed by atoms with E-state index >= 15 is 0 Å². The van der Waals surface area contributed by atoms with Crippen LogP contribution in [0.4, 0.5) is 0 Å². The number of thiophene rings is 1. The number of carbonyl (C=O) groups is 1. The normalized spacial score (nSPS) is 28.7. The van der Waals surface area contributed by atoms with E-state index in [1.165, 1.54) is 6.07 Å². The Labute approximate surface area is 135 Å². The Morgan fingerprint density at radius 1 is 1.43 bits per heavy atom. The predicted octanol–water partition coefficient (Wildman–Crippen LogP) is 1.58. The third-order valence-electron chi connectivity index (χ3n) is 4.12. The van der Waals surface area contributed by atoms with Crippen LogP contribution in [0.3, 0.4) is 0 Å². The summed E-state index contributed by atoms with van der Waals surface area (Å²) in [6.07, 6.45) is 2.02. The molecule has 3 saturated heterocycles. The molecule has 21 heavy (non-hydrogen) atoms. The van der Waals surface area contributed by atoms with Gasteiger partial charge in [-0.1, -0.05) is 0 Å². The van der Waals surface area contributed by atoms with Crippen LogP contribution in [0.25, 0.3) is 0 Å². The molecular weight excluding hydrogens is 380 g/mol. The first-order chi connectivity index (χ1) is 9.87. The second-order valence-corrected chi connectivity index (χ2v) is 9.47. The highest BCUT2D eigenvalue weighted by atomic mass is 79.9. The Kier molecular flexibility index (Phi) is 4.12. The molecule has 4 heterocycles. The SMILES string of the molecule is O=C(O)c1cc(S(=O)(=O)NC2CN3CCC2CC3)c(Br)s1. The van der Waals surface area contributed by atoms with Gasteiger partial charge in [-0.15, -0.1) is 11.3 Å². The highest BCUT2D eigenvalue weighted by Crippen LogP contribution is 2.33. The number of hydrogen-bond acceptors (Lipinski definition) is 5. The maximum atomic E-state index is 12.5. The Hall–Kier alpha value is -0.480. The summed E-state index contributed by atoms with van der Waals surface area (Å²) in [6.45, 7) is 2.81. The summed E-state index contributed by atoms with van der Waals surface area (Å²) >= 11 is 4.07. The van der Waals surface area contributed by atoms with Crippen LogP contribution in [0, 0.1) is 5.92 Å². The quantitative estimate of drug-likeness (QED) is 0.809. The molecule has 2 bridgehead atoms. The third kappa shape index (κ3) is 3.02. The molecule has 0 aromatic carbocycles. The highest BCUT2D eigenvalue weighted by molar-refractivity contribution is 9.11. The van der Waals surface area contributed by atoms with Crippen LogP contribution >= 0.6 is 27.3 Å². The summed E-state index contributed by atoms with van der Waals surface area (Å²) in [6, 6.07) is 1.12. The summed E-state index contributed by atoms with van der Waals surface area (Å²) in [5, 5.41) is 8.96. The van der Waals surface area contributed by atoms with Crippen molar-refractivity contribution in [1.82, 2.24) is 9.62 Å². The van der Waals surface area contributed by atoms with Crippen molar-refractivity contribution in [2.24, 2.45) is 5.92 Å². The number of carboxylic acid groups (broad SMARTS) is 1. The highest BCUT2D eigenvalue weighted by Gasteiger charge is 2.37. The molecule has 9 heteroatoms. The van der Waals surface area contributed by atoms with Gasteiger partial charge in [0, 0.05) is 12.6 Å². The molecular formula is C12H15BrN2O4S2. The molecule has 0 radical (unpaired) electrons. The van der Waals surface area contributed by atoms with Crippen LogP contribution in [0.15, 0.2) is 14.7 Å². The fraction of sp³-hybridized carbons (Fsp3) is 0.583. The standard InChI is InChI=1S/C12H15BrN2O4S2/c13-11-10(5-9(20-11)12(16)17)21(18,19)14-8-6-15-3-1-7(8)2-4-15/h5,7-8,14H,1-4,6H2,(H,16,17). The number of piperidine rings is 3. The first-order valence-corrected chi connectivity index (χ1v) is 9.73. The largest absolute Gasteiger partial charge is 0.477 e. The summed E-state index contributed by atoms with van der Waals surface area (Å²) < 4.78 is 28.1. The van der Waals surface area contributed by atoms with Crippen molar-refractivity contribution in [2.45, 2.75) is 23.8 Å². The fourth-order valence-electron chi connectivity index (χ4n) is 3.00. The average molecular weight is 395 g/mol. The number of sulfonamides is 1. The third-order valence-corrected chi connectivity index (χ3v) is 7.85. The van der Waals surface area contributed by atoms with Gasteiger partial charge in [-0.25, -0.2) is 17.9 Å². The van der Waals surface area contributed by atoms with Gasteiger partial charge >= 0.3 is 5.97 Å². The van der Waals surface area contributed by atoms with Crippen LogP contribution < -0.4 is 4.72 Å². The first kappa shape index (κ1) is 15.4. The van der Waals surface area contributed by atoms with E-state index in [-0.39, 0.29) is 15.8 Å². The van der Waals surface area contributed by atoms with Crippen LogP contribution in [0.2, 0.25) is 0 Å². The number of carboxylic acids is 1. The van der Waals surface area contributed by atoms with Crippen LogP contribution in [0.1, 0.15) is 22.5 Å². The zero-order chi connectivity index (χ0) is 15.2. The van der Waals surface area contributed by atoms with Gasteiger partial charge in [0.1, 0.15) is 9.77 Å². The van der Waals surface area contributed by atoms with Crippen molar-refractivity contribution < 1.29 is 18.3 Å². The molecule has 3 fully saturated rings. The lowest BCUT2D eigenvalue weighted by Crippen LogP contribution is -2.57. The van der Waals surface area contributed by atoms with E-state index in [1.807, 2.05) is 0 Å². The van der Waals surface area contributed by atoms with E-state index in [2.05, 4.69) is 25.6 Å². The smallest absolute Gasteiger partial charge is 0.345 e. The minimum Gasteiger partial charge on any atom is -0.477 e. The molecule has 0 spiro atoms. The van der Waals surface area contributed by atoms with Crippen molar-refractivity contribution in [3.8, 4) is 0 Å². The minimum atomic E-state index is -3.70. The molecule has 6 nitrogen and oxygen atoms in total. The lowest BCUT2D eigenvalue weighted by molar-refractivity contribution is 0.0702. The van der Waals surface area contributed by atoms with Gasteiger partial charge < -0.3 is 10.0 Å². The fourth-order valence-corrected chi connectivity index (χ4v) is 6.70. The summed E-state index contributed by atoms with van der Waals surface area (Å²) in [5.74, 6) is -0.744. The van der Waals surface area contributed by atoms with Gasteiger partial charge in [-0.2, -0.15) is 0 Å². The summed E-state index contributed by atoms with van der Waals surface area (Å²) in [7, 11) is -3.70. The second kappa shape index (κ2) is 5.62. The molecule has 1 aromatic heterocycles. The molecule has 0 saturated carbocycles. The zero-order valence-corrected chi connectivity index (χ0v) is 14.3. The number of halogens is 1. The monoisotopic (exact) mass is 394 g/mol. The van der Waals surface area contributed by atoms with E-state index in [0.29, 0.717) is 9.70 Å². The van der Waals surface area contributed by atoms with Gasteiger partial charge in [0.2, 0.25) is 10.0 Å². The van der Waals surface area contributed by atoms with Gasteiger partial charge in [0.05, 0.1) is 3.79 Å². The second-order valence-electron chi connectivity index (χ2n) is 5.42. The summed E-state index contributed by atoms with van der Waals surface area (Å²) in [5.41, 5.74) is 0. The summed E-state index contributed by atoms with van der Waals surface area (Å²) in [4.78, 5) is 13.2. The number of nitrogens with zero attached hydrogens (tertiary/aromatic N) is 1. The molecule has 1 atom stereocenters. The minimum absolute atomic E-state index is 0.0103. The maximum Gasteiger partial charge on any atom is 0.345 e. The van der Waals surface area contributed by atoms with Crippen LogP contribution in [0.5, 0.6) is 0 Å². The van der Waals surface area contributed by atoms with Crippen molar-refractivity contribution in [1.29, 1.82) is 0 Å². The van der Waals surface area contributed by atoms with E-state index < -0.39 is 16.0 Å². The lowest BCUT2D eigenvalue weighted by atomic mass is 9.85. The maximum absolute atomic E-state index is 12.5. The van der Waals surface area contributed by atoms with E-state index in [1.54, 1.807) is 0 Å². The number of fused-ring (bicyclic) bond motifs is 3. The van der Waals surface area contributed by atoms with Crippen molar-refractivity contribution in [3.05, 3.63) is 14.7 Å². The van der Waals surface area contributed by atoms with Crippen LogP contribution in [-0.2, 0) is 10.0 Å². The molecule has 116 valence electrons. The predicted molar refractivity (Wildman–Crippen MR) is 82.3 cm³/mol. The molecule has 3 aliphatic heterocycles. The number of hydrogen-bond donors (Lipinski definition) is 2. The Bertz CT molecular complexity index is 665. The van der Waals surface area contributed by atoms with E-state index in [0.717, 1.165) is 43.8 Å². The molecule has 3 aliphatic rings. The Morgan fingerprint density at radius 2 is 2.10 bits per heavy atom. The zero-order valence-electron chi connectivity index (χ0n) is 11.1. The lowest BCUT2D eigenvalue weighted by Gasteiger charge is -2.44. The Morgan fingerprint density at radius 3 is 2.57 bits per heavy atom. The number of nitrogens with one attached hydrogen (secondary N) is 1. The van der Waals surface area contributed by atoms with Crippen molar-refractivity contribution in [3.63, 3.8) is 0 Å². The van der Waals surface area contributed by atoms with Crippen LogP contribution in [-0.4, -0.2) is 50.1 Å². The molecule has 1 unspecified atom stereocenters. The van der Waals surface area contributed by atoms with Gasteiger partial charge in [-0.3, -0.25) is 0 Å². The molecule has 0 aliphatic carbocycles. The average Bonchev–Trinajstić information content (AvgIpc) is 2.83. The van der Waals surface area contributed by atoms with Gasteiger partial charge in [-0.05, 0) is 53.8 Å². The van der Waals surface area contributed by atoms with Gasteiger partial charge in [0.25, 0.3) is 0 Å². The van der Waals surface area contributed by atoms with Crippen molar-refractivity contribution >= 4 is 43.3 Å². The molecule has 2 N–H and O–H groups in total. The number of rotatable bonds is 4. The molecule has 0 amide bonds. The molecule has 1 aromatic rings. The van der Waals surface area contributed by atoms with E-state index in [9.17, 15) is 13.2 Å². The van der Waals surface area contributed by atoms with E-state index in [4.69, 9.17) is 5.11 Å². The number of aromatic carboxylic acids is 1. The topological polar surface area (TPSA) is 86.7 Å². The van der Waals surface area contributed by atoms with Gasteiger partial charge in [0.15, 0.2) is 0 Å². The molecule has 4 rings (SSSR count). The first-order valence-electron chi connectivity index (χ1n) is 6.64.